The molecule has 0 saturated heterocycles. The van der Waals surface area contributed by atoms with Crippen molar-refractivity contribution in [2.24, 2.45) is 0 Å². The summed E-state index contributed by atoms with van der Waals surface area (Å²) in [5.74, 6) is 0. The normalized spacial score (nSPS) is 12.4. The van der Waals surface area contributed by atoms with Crippen LogP contribution in [0.15, 0.2) is 30.3 Å². The predicted molar refractivity (Wildman–Crippen MR) is 57.9 cm³/mol. The van der Waals surface area contributed by atoms with E-state index in [-0.39, 0.29) is 6.04 Å². The lowest BCUT2D eigenvalue weighted by Gasteiger charge is -2.18. The fourth-order valence-electron chi connectivity index (χ4n) is 1.24. The van der Waals surface area contributed by atoms with E-state index in [4.69, 9.17) is 5.26 Å². The van der Waals surface area contributed by atoms with Crippen LogP contribution in [-0.2, 0) is 6.42 Å². The highest BCUT2D eigenvalue weighted by Crippen LogP contribution is 2.02. The van der Waals surface area contributed by atoms with Crippen molar-refractivity contribution in [3.63, 3.8) is 0 Å². The summed E-state index contributed by atoms with van der Waals surface area (Å²) in [6.07, 6.45) is 1.00. The van der Waals surface area contributed by atoms with E-state index in [9.17, 15) is 0 Å². The fourth-order valence-corrected chi connectivity index (χ4v) is 1.24. The Balaban J connectivity index is 2.39. The SMILES string of the molecule is CC(C#N)N(C)CCc1ccccc1. The smallest absolute Gasteiger partial charge is 0.0946 e. The number of rotatable bonds is 4. The molecule has 1 aromatic carbocycles. The molecule has 0 spiro atoms. The van der Waals surface area contributed by atoms with Crippen molar-refractivity contribution in [1.29, 1.82) is 5.26 Å². The summed E-state index contributed by atoms with van der Waals surface area (Å²) in [5.41, 5.74) is 1.32. The number of benzene rings is 1. The van der Waals surface area contributed by atoms with Gasteiger partial charge in [-0.3, -0.25) is 4.90 Å². The number of nitriles is 1. The summed E-state index contributed by atoms with van der Waals surface area (Å²) in [5, 5.41) is 8.71. The van der Waals surface area contributed by atoms with Crippen molar-refractivity contribution in [3.05, 3.63) is 35.9 Å². The molecule has 1 rings (SSSR count). The van der Waals surface area contributed by atoms with E-state index >= 15 is 0 Å². The molecule has 0 amide bonds. The van der Waals surface area contributed by atoms with Crippen molar-refractivity contribution < 1.29 is 0 Å². The molecule has 1 aromatic rings. The summed E-state index contributed by atoms with van der Waals surface area (Å²) in [7, 11) is 1.98. The lowest BCUT2D eigenvalue weighted by molar-refractivity contribution is 0.306. The molecule has 14 heavy (non-hydrogen) atoms. The monoisotopic (exact) mass is 188 g/mol. The third-order valence-electron chi connectivity index (χ3n) is 2.44. The van der Waals surface area contributed by atoms with Gasteiger partial charge in [-0.05, 0) is 26.0 Å². The van der Waals surface area contributed by atoms with Crippen molar-refractivity contribution in [2.75, 3.05) is 13.6 Å². The third-order valence-corrected chi connectivity index (χ3v) is 2.44. The molecule has 0 aliphatic heterocycles. The Labute approximate surface area is 85.8 Å². The van der Waals surface area contributed by atoms with Crippen LogP contribution in [0.25, 0.3) is 0 Å². The second kappa shape index (κ2) is 5.41. The zero-order valence-electron chi connectivity index (χ0n) is 8.77. The van der Waals surface area contributed by atoms with Gasteiger partial charge in [0.1, 0.15) is 0 Å². The summed E-state index contributed by atoms with van der Waals surface area (Å²) < 4.78 is 0. The Hall–Kier alpha value is -1.33. The minimum absolute atomic E-state index is 0.00119. The highest BCUT2D eigenvalue weighted by atomic mass is 15.1. The Bertz CT molecular complexity index is 300. The van der Waals surface area contributed by atoms with Crippen LogP contribution >= 0.6 is 0 Å². The Kier molecular flexibility index (Phi) is 4.15. The molecule has 74 valence electrons. The largest absolute Gasteiger partial charge is 0.291 e. The minimum atomic E-state index is -0.00119. The van der Waals surface area contributed by atoms with Crippen LogP contribution in [0, 0.1) is 11.3 Å². The first-order valence-electron chi connectivity index (χ1n) is 4.88. The average Bonchev–Trinajstić information content (AvgIpc) is 2.26. The number of nitrogens with zero attached hydrogens (tertiary/aromatic N) is 2. The maximum Gasteiger partial charge on any atom is 0.0946 e. The van der Waals surface area contributed by atoms with Crippen LogP contribution in [-0.4, -0.2) is 24.5 Å². The molecule has 1 atom stereocenters. The van der Waals surface area contributed by atoms with Crippen LogP contribution in [0.2, 0.25) is 0 Å². The summed E-state index contributed by atoms with van der Waals surface area (Å²) in [6.45, 7) is 2.85. The van der Waals surface area contributed by atoms with Gasteiger partial charge < -0.3 is 0 Å². The van der Waals surface area contributed by atoms with Crippen LogP contribution in [0.4, 0.5) is 0 Å². The lowest BCUT2D eigenvalue weighted by atomic mass is 10.1. The second-order valence-electron chi connectivity index (χ2n) is 3.52. The zero-order valence-corrected chi connectivity index (χ0v) is 8.77. The van der Waals surface area contributed by atoms with Gasteiger partial charge in [-0.1, -0.05) is 30.3 Å². The maximum atomic E-state index is 8.71. The van der Waals surface area contributed by atoms with Crippen molar-refractivity contribution in [1.82, 2.24) is 4.90 Å². The van der Waals surface area contributed by atoms with E-state index in [0.717, 1.165) is 13.0 Å². The van der Waals surface area contributed by atoms with Crippen LogP contribution < -0.4 is 0 Å². The van der Waals surface area contributed by atoms with Crippen molar-refractivity contribution >= 4 is 0 Å². The molecule has 2 nitrogen and oxygen atoms in total. The fraction of sp³-hybridized carbons (Fsp3) is 0.417. The molecule has 0 aliphatic rings. The van der Waals surface area contributed by atoms with Crippen LogP contribution in [0.1, 0.15) is 12.5 Å². The zero-order chi connectivity index (χ0) is 10.4. The van der Waals surface area contributed by atoms with Gasteiger partial charge in [0.05, 0.1) is 12.1 Å². The molecule has 0 radical (unpaired) electrons. The van der Waals surface area contributed by atoms with Gasteiger partial charge in [-0.2, -0.15) is 5.26 Å². The maximum absolute atomic E-state index is 8.71. The van der Waals surface area contributed by atoms with Gasteiger partial charge in [0.15, 0.2) is 0 Å². The van der Waals surface area contributed by atoms with Gasteiger partial charge in [0.25, 0.3) is 0 Å². The molecule has 0 fully saturated rings. The first kappa shape index (κ1) is 10.7. The highest BCUT2D eigenvalue weighted by Gasteiger charge is 2.06. The Morgan fingerprint density at radius 1 is 1.36 bits per heavy atom. The average molecular weight is 188 g/mol. The summed E-state index contributed by atoms with van der Waals surface area (Å²) >= 11 is 0. The number of hydrogen-bond donors (Lipinski definition) is 0. The molecule has 0 aliphatic carbocycles. The molecule has 2 heteroatoms. The minimum Gasteiger partial charge on any atom is -0.291 e. The molecule has 0 aromatic heterocycles. The van der Waals surface area contributed by atoms with Gasteiger partial charge in [-0.25, -0.2) is 0 Å². The van der Waals surface area contributed by atoms with E-state index < -0.39 is 0 Å². The topological polar surface area (TPSA) is 27.0 Å². The first-order valence-corrected chi connectivity index (χ1v) is 4.88. The van der Waals surface area contributed by atoms with Gasteiger partial charge in [0, 0.05) is 6.54 Å². The van der Waals surface area contributed by atoms with Gasteiger partial charge >= 0.3 is 0 Å². The molecule has 0 N–H and O–H groups in total. The molecular formula is C12H16N2. The summed E-state index contributed by atoms with van der Waals surface area (Å²) in [6, 6.07) is 12.6. The molecular weight excluding hydrogens is 172 g/mol. The Morgan fingerprint density at radius 2 is 2.00 bits per heavy atom. The van der Waals surface area contributed by atoms with E-state index in [1.54, 1.807) is 0 Å². The third kappa shape index (κ3) is 3.20. The van der Waals surface area contributed by atoms with E-state index in [1.165, 1.54) is 5.56 Å². The predicted octanol–water partition coefficient (Wildman–Crippen LogP) is 2.07. The van der Waals surface area contributed by atoms with E-state index in [1.807, 2.05) is 32.2 Å². The van der Waals surface area contributed by atoms with Gasteiger partial charge in [-0.15, -0.1) is 0 Å². The van der Waals surface area contributed by atoms with E-state index in [2.05, 4.69) is 23.1 Å². The molecule has 0 bridgehead atoms. The second-order valence-corrected chi connectivity index (χ2v) is 3.52. The van der Waals surface area contributed by atoms with Crippen molar-refractivity contribution in [3.8, 4) is 6.07 Å². The standard InChI is InChI=1S/C12H16N2/c1-11(10-13)14(2)9-8-12-6-4-3-5-7-12/h3-7,11H,8-9H2,1-2H3. The first-order chi connectivity index (χ1) is 6.74. The Morgan fingerprint density at radius 3 is 2.57 bits per heavy atom. The van der Waals surface area contributed by atoms with Gasteiger partial charge in [0.2, 0.25) is 0 Å². The quantitative estimate of drug-likeness (QED) is 0.723. The van der Waals surface area contributed by atoms with Crippen LogP contribution in [0.3, 0.4) is 0 Å². The lowest BCUT2D eigenvalue weighted by Crippen LogP contribution is -2.29. The molecule has 0 saturated carbocycles. The highest BCUT2D eigenvalue weighted by molar-refractivity contribution is 5.14. The summed E-state index contributed by atoms with van der Waals surface area (Å²) in [4.78, 5) is 2.06. The molecule has 0 heterocycles. The van der Waals surface area contributed by atoms with Crippen LogP contribution in [0.5, 0.6) is 0 Å². The van der Waals surface area contributed by atoms with Crippen molar-refractivity contribution in [2.45, 2.75) is 19.4 Å². The number of likely N-dealkylation sites (N-methyl/N-ethyl adjacent to an activating group) is 1. The van der Waals surface area contributed by atoms with E-state index in [0.29, 0.717) is 0 Å². The molecule has 1 unspecified atom stereocenters. The number of hydrogen-bond acceptors (Lipinski definition) is 2.